The van der Waals surface area contributed by atoms with Crippen LogP contribution in [-0.4, -0.2) is 43.0 Å². The molecule has 0 aliphatic rings. The highest BCUT2D eigenvalue weighted by Crippen LogP contribution is 2.26. The topological polar surface area (TPSA) is 57.3 Å². The number of carbonyl (C=O) groups excluding carboxylic acids is 1. The third kappa shape index (κ3) is 5.39. The number of likely N-dealkylation sites (N-methyl/N-ethyl adjacent to an activating group) is 1. The zero-order valence-corrected chi connectivity index (χ0v) is 14.4. The van der Waals surface area contributed by atoms with Crippen LogP contribution in [0.4, 0.5) is 11.5 Å². The second-order valence-electron chi connectivity index (χ2n) is 5.24. The number of hydrogen-bond donors (Lipinski definition) is 2. The summed E-state index contributed by atoms with van der Waals surface area (Å²) in [6.07, 6.45) is 1.58. The molecular formula is C16H18Cl2N4O. The Hall–Kier alpha value is -1.82. The Morgan fingerprint density at radius 3 is 2.65 bits per heavy atom. The minimum atomic E-state index is -0.133. The lowest BCUT2D eigenvalue weighted by molar-refractivity contribution is 0.0951. The molecule has 1 heterocycles. The normalized spacial score (nSPS) is 10.7. The second kappa shape index (κ2) is 8.15. The van der Waals surface area contributed by atoms with Gasteiger partial charge < -0.3 is 15.5 Å². The minimum absolute atomic E-state index is 0.133. The summed E-state index contributed by atoms with van der Waals surface area (Å²) >= 11 is 11.9. The Balaban J connectivity index is 2.04. The Morgan fingerprint density at radius 1 is 1.17 bits per heavy atom. The monoisotopic (exact) mass is 352 g/mol. The van der Waals surface area contributed by atoms with E-state index in [1.165, 1.54) is 0 Å². The van der Waals surface area contributed by atoms with Crippen molar-refractivity contribution in [3.05, 3.63) is 52.1 Å². The first kappa shape index (κ1) is 17.5. The number of benzene rings is 1. The van der Waals surface area contributed by atoms with Crippen molar-refractivity contribution >= 4 is 40.6 Å². The maximum Gasteiger partial charge on any atom is 0.251 e. The summed E-state index contributed by atoms with van der Waals surface area (Å²) in [5.74, 6) is 0.426. The maximum atomic E-state index is 12.1. The lowest BCUT2D eigenvalue weighted by Gasteiger charge is -2.11. The number of nitrogens with zero attached hydrogens (tertiary/aromatic N) is 2. The van der Waals surface area contributed by atoms with Gasteiger partial charge in [0.2, 0.25) is 0 Å². The van der Waals surface area contributed by atoms with Gasteiger partial charge in [-0.05, 0) is 44.4 Å². The van der Waals surface area contributed by atoms with E-state index >= 15 is 0 Å². The van der Waals surface area contributed by atoms with Crippen molar-refractivity contribution in [2.24, 2.45) is 0 Å². The summed E-state index contributed by atoms with van der Waals surface area (Å²) in [6.45, 7) is 1.37. The molecule has 122 valence electrons. The molecule has 0 atom stereocenters. The molecule has 0 saturated heterocycles. The Labute approximate surface area is 145 Å². The summed E-state index contributed by atoms with van der Waals surface area (Å²) in [5.41, 5.74) is 1.29. The Bertz CT molecular complexity index is 692. The number of pyridine rings is 1. The fourth-order valence-corrected chi connectivity index (χ4v) is 2.16. The summed E-state index contributed by atoms with van der Waals surface area (Å²) < 4.78 is 0. The highest BCUT2D eigenvalue weighted by Gasteiger charge is 2.07. The molecule has 7 heteroatoms. The van der Waals surface area contributed by atoms with Gasteiger partial charge in [-0.3, -0.25) is 4.79 Å². The lowest BCUT2D eigenvalue weighted by Crippen LogP contribution is -2.31. The van der Waals surface area contributed by atoms with Crippen LogP contribution >= 0.6 is 23.2 Å². The summed E-state index contributed by atoms with van der Waals surface area (Å²) in [7, 11) is 3.91. The van der Waals surface area contributed by atoms with Crippen LogP contribution in [0.2, 0.25) is 10.0 Å². The van der Waals surface area contributed by atoms with E-state index in [4.69, 9.17) is 23.2 Å². The second-order valence-corrected chi connectivity index (χ2v) is 6.06. The van der Waals surface area contributed by atoms with Crippen LogP contribution in [0, 0.1) is 0 Å². The first-order chi connectivity index (χ1) is 11.0. The minimum Gasteiger partial charge on any atom is -0.351 e. The van der Waals surface area contributed by atoms with Crippen molar-refractivity contribution < 1.29 is 4.79 Å². The van der Waals surface area contributed by atoms with Gasteiger partial charge in [-0.15, -0.1) is 0 Å². The summed E-state index contributed by atoms with van der Waals surface area (Å²) in [6, 6.07) is 8.55. The molecule has 0 spiro atoms. The molecule has 0 unspecified atom stereocenters. The Morgan fingerprint density at radius 2 is 1.96 bits per heavy atom. The molecule has 0 aliphatic heterocycles. The van der Waals surface area contributed by atoms with Gasteiger partial charge in [0, 0.05) is 30.5 Å². The SMILES string of the molecule is CN(C)CCNC(=O)c1ccnc(Nc2ccc(Cl)c(Cl)c2)c1. The van der Waals surface area contributed by atoms with E-state index in [2.05, 4.69) is 15.6 Å². The van der Waals surface area contributed by atoms with Crippen LogP contribution in [0.3, 0.4) is 0 Å². The third-order valence-electron chi connectivity index (χ3n) is 3.06. The number of halogens is 2. The van der Waals surface area contributed by atoms with Crippen LogP contribution in [0.25, 0.3) is 0 Å². The number of rotatable bonds is 6. The molecule has 2 N–H and O–H groups in total. The number of hydrogen-bond acceptors (Lipinski definition) is 4. The molecule has 0 fully saturated rings. The smallest absolute Gasteiger partial charge is 0.251 e. The molecule has 2 rings (SSSR count). The van der Waals surface area contributed by atoms with Gasteiger partial charge >= 0.3 is 0 Å². The maximum absolute atomic E-state index is 12.1. The molecule has 23 heavy (non-hydrogen) atoms. The number of nitrogens with one attached hydrogen (secondary N) is 2. The average Bonchev–Trinajstić information content (AvgIpc) is 2.51. The van der Waals surface area contributed by atoms with Crippen molar-refractivity contribution in [3.63, 3.8) is 0 Å². The highest BCUT2D eigenvalue weighted by molar-refractivity contribution is 6.42. The number of carbonyl (C=O) groups is 1. The molecule has 0 radical (unpaired) electrons. The predicted octanol–water partition coefficient (Wildman–Crippen LogP) is 3.42. The standard InChI is InChI=1S/C16H18Cl2N4O/c1-22(2)8-7-20-16(23)11-5-6-19-15(9-11)21-12-3-4-13(17)14(18)10-12/h3-6,9-10H,7-8H2,1-2H3,(H,19,21)(H,20,23). The van der Waals surface area contributed by atoms with E-state index in [1.807, 2.05) is 19.0 Å². The zero-order chi connectivity index (χ0) is 16.8. The lowest BCUT2D eigenvalue weighted by atomic mass is 10.2. The van der Waals surface area contributed by atoms with E-state index in [-0.39, 0.29) is 5.91 Å². The molecule has 0 saturated carbocycles. The van der Waals surface area contributed by atoms with Gasteiger partial charge in [0.05, 0.1) is 10.0 Å². The molecule has 5 nitrogen and oxygen atoms in total. The van der Waals surface area contributed by atoms with Crippen LogP contribution in [0.1, 0.15) is 10.4 Å². The fourth-order valence-electron chi connectivity index (χ4n) is 1.86. The molecule has 1 aromatic carbocycles. The predicted molar refractivity (Wildman–Crippen MR) is 94.9 cm³/mol. The van der Waals surface area contributed by atoms with Crippen LogP contribution in [-0.2, 0) is 0 Å². The molecule has 2 aromatic rings. The molecule has 0 aliphatic carbocycles. The van der Waals surface area contributed by atoms with Crippen LogP contribution in [0.15, 0.2) is 36.5 Å². The summed E-state index contributed by atoms with van der Waals surface area (Å²) in [5, 5.41) is 6.90. The Kier molecular flexibility index (Phi) is 6.21. The van der Waals surface area contributed by atoms with Gasteiger partial charge in [0.15, 0.2) is 0 Å². The van der Waals surface area contributed by atoms with E-state index in [0.717, 1.165) is 12.2 Å². The van der Waals surface area contributed by atoms with Crippen LogP contribution < -0.4 is 10.6 Å². The van der Waals surface area contributed by atoms with Crippen molar-refractivity contribution in [2.75, 3.05) is 32.5 Å². The largest absolute Gasteiger partial charge is 0.351 e. The zero-order valence-electron chi connectivity index (χ0n) is 12.9. The van der Waals surface area contributed by atoms with E-state index in [1.54, 1.807) is 36.5 Å². The fraction of sp³-hybridized carbons (Fsp3) is 0.250. The highest BCUT2D eigenvalue weighted by atomic mass is 35.5. The number of anilines is 2. The van der Waals surface area contributed by atoms with Crippen LogP contribution in [0.5, 0.6) is 0 Å². The van der Waals surface area contributed by atoms with Gasteiger partial charge in [0.1, 0.15) is 5.82 Å². The number of aromatic nitrogens is 1. The van der Waals surface area contributed by atoms with Crippen molar-refractivity contribution in [2.45, 2.75) is 0 Å². The molecule has 1 amide bonds. The van der Waals surface area contributed by atoms with Crippen molar-refractivity contribution in [3.8, 4) is 0 Å². The first-order valence-electron chi connectivity index (χ1n) is 7.07. The van der Waals surface area contributed by atoms with Gasteiger partial charge in [-0.1, -0.05) is 23.2 Å². The quantitative estimate of drug-likeness (QED) is 0.836. The van der Waals surface area contributed by atoms with E-state index in [9.17, 15) is 4.79 Å². The van der Waals surface area contributed by atoms with E-state index < -0.39 is 0 Å². The van der Waals surface area contributed by atoms with Gasteiger partial charge in [0.25, 0.3) is 5.91 Å². The summed E-state index contributed by atoms with van der Waals surface area (Å²) in [4.78, 5) is 18.3. The van der Waals surface area contributed by atoms with Gasteiger partial charge in [-0.25, -0.2) is 4.98 Å². The van der Waals surface area contributed by atoms with Crippen molar-refractivity contribution in [1.82, 2.24) is 15.2 Å². The molecule has 1 aromatic heterocycles. The first-order valence-corrected chi connectivity index (χ1v) is 7.82. The average molecular weight is 353 g/mol. The van der Waals surface area contributed by atoms with E-state index in [0.29, 0.717) is 28.0 Å². The number of amides is 1. The third-order valence-corrected chi connectivity index (χ3v) is 3.80. The molecule has 0 bridgehead atoms. The van der Waals surface area contributed by atoms with Crippen molar-refractivity contribution in [1.29, 1.82) is 0 Å². The van der Waals surface area contributed by atoms with Gasteiger partial charge in [-0.2, -0.15) is 0 Å². The molecular weight excluding hydrogens is 335 g/mol.